The summed E-state index contributed by atoms with van der Waals surface area (Å²) in [4.78, 5) is 8.00. The zero-order valence-electron chi connectivity index (χ0n) is 19.3. The number of ether oxygens (including phenoxy) is 3. The van der Waals surface area contributed by atoms with Crippen LogP contribution in [-0.2, 0) is 19.0 Å². The number of hydrogen-bond donors (Lipinski definition) is 0. The molecule has 0 aliphatic heterocycles. The molecular weight excluding hydrogens is 596 g/mol. The van der Waals surface area contributed by atoms with Crippen LogP contribution in [0.1, 0.15) is 7.43 Å². The monoisotopic (exact) mass is 620 g/mol. The van der Waals surface area contributed by atoms with Gasteiger partial charge in [0.15, 0.2) is 0 Å². The van der Waals surface area contributed by atoms with Crippen LogP contribution in [0, 0.1) is 0 Å². The Balaban J connectivity index is -0.0000000719. The SMILES string of the molecule is C.C=O.COC.COC.COC.FC(F)(F)B(C(F)(F)F)C(F)(F)F.FC(F)(F)B(C(F)(F)F)C(F)(F)F. The number of carbonyl (C=O) groups excluding carboxylic acids is 1. The summed E-state index contributed by atoms with van der Waals surface area (Å²) in [5, 5.41) is 0. The van der Waals surface area contributed by atoms with Crippen molar-refractivity contribution in [2.24, 2.45) is 0 Å². The van der Waals surface area contributed by atoms with Gasteiger partial charge in [-0.2, -0.15) is 79.0 Å². The number of methoxy groups -OCH3 is 3. The molecule has 0 saturated heterocycles. The summed E-state index contributed by atoms with van der Waals surface area (Å²) in [5.41, 5.74) is 0. The second-order valence-electron chi connectivity index (χ2n) is 5.34. The lowest BCUT2D eigenvalue weighted by Crippen LogP contribution is -2.57. The smallest absolute Gasteiger partial charge is 0.388 e. The van der Waals surface area contributed by atoms with E-state index in [9.17, 15) is 79.0 Å². The average molecular weight is 620 g/mol. The highest BCUT2D eigenvalue weighted by Gasteiger charge is 2.76. The average Bonchev–Trinajstić information content (AvgIpc) is 2.50. The molecule has 236 valence electrons. The lowest BCUT2D eigenvalue weighted by atomic mass is 9.47. The van der Waals surface area contributed by atoms with Crippen LogP contribution in [0.4, 0.5) is 79.0 Å². The van der Waals surface area contributed by atoms with Gasteiger partial charge in [0.2, 0.25) is 0 Å². The van der Waals surface area contributed by atoms with Gasteiger partial charge in [-0.25, -0.2) is 0 Å². The highest BCUT2D eigenvalue weighted by Crippen LogP contribution is 2.41. The van der Waals surface area contributed by atoms with E-state index in [2.05, 4.69) is 14.2 Å². The molecule has 0 atom stereocenters. The van der Waals surface area contributed by atoms with Crippen molar-refractivity contribution >= 4 is 20.2 Å². The molecule has 0 amide bonds. The van der Waals surface area contributed by atoms with E-state index in [4.69, 9.17) is 4.79 Å². The van der Waals surface area contributed by atoms with Crippen molar-refractivity contribution in [1.29, 1.82) is 0 Å². The van der Waals surface area contributed by atoms with E-state index in [1.54, 1.807) is 42.7 Å². The van der Waals surface area contributed by atoms with E-state index in [-0.39, 0.29) is 7.43 Å². The van der Waals surface area contributed by atoms with Crippen LogP contribution in [0.15, 0.2) is 0 Å². The van der Waals surface area contributed by atoms with E-state index in [0.29, 0.717) is 0 Å². The number of halogens is 18. The first-order valence-corrected chi connectivity index (χ1v) is 7.87. The summed E-state index contributed by atoms with van der Waals surface area (Å²) in [6.45, 7) is -8.54. The minimum absolute atomic E-state index is 0. The molecule has 0 bridgehead atoms. The summed E-state index contributed by atoms with van der Waals surface area (Å²) >= 11 is 0. The minimum atomic E-state index is -6.36. The fraction of sp³-hybridized carbons (Fsp3) is 0.929. The Morgan fingerprint density at radius 3 is 0.421 bits per heavy atom. The third-order valence-corrected chi connectivity index (χ3v) is 1.96. The van der Waals surface area contributed by atoms with Crippen LogP contribution in [0.2, 0.25) is 0 Å². The third kappa shape index (κ3) is 32.4. The van der Waals surface area contributed by atoms with Gasteiger partial charge in [0.25, 0.3) is 0 Å². The normalized spacial score (nSPS) is 11.5. The molecule has 4 nitrogen and oxygen atoms in total. The predicted molar refractivity (Wildman–Crippen MR) is 100 cm³/mol. The van der Waals surface area contributed by atoms with Gasteiger partial charge in [0.05, 0.1) is 0 Å². The number of alkyl halides is 18. The van der Waals surface area contributed by atoms with Crippen LogP contribution in [0.5, 0.6) is 0 Å². The highest BCUT2D eigenvalue weighted by atomic mass is 19.4. The second kappa shape index (κ2) is 22.3. The zero-order chi connectivity index (χ0) is 32.3. The van der Waals surface area contributed by atoms with E-state index in [1.807, 2.05) is 6.79 Å². The Labute approximate surface area is 206 Å². The van der Waals surface area contributed by atoms with Gasteiger partial charge >= 0.3 is 49.9 Å². The van der Waals surface area contributed by atoms with E-state index < -0.39 is 49.9 Å². The topological polar surface area (TPSA) is 44.8 Å². The largest absolute Gasteiger partial charge is 0.521 e. The van der Waals surface area contributed by atoms with Gasteiger partial charge in [-0.15, -0.1) is 0 Å². The van der Waals surface area contributed by atoms with Crippen LogP contribution in [-0.4, -0.2) is 99.3 Å². The van der Waals surface area contributed by atoms with E-state index >= 15 is 0 Å². The molecule has 0 aliphatic rings. The van der Waals surface area contributed by atoms with Gasteiger partial charge in [-0.1, -0.05) is 7.43 Å². The Bertz CT molecular complexity index is 399. The molecule has 0 fully saturated rings. The Morgan fingerprint density at radius 2 is 0.421 bits per heavy atom. The lowest BCUT2D eigenvalue weighted by molar-refractivity contribution is -0.153. The standard InChI is InChI=1S/2C3BF9.3C2H6O.CH2O.CH4/c2*5-1(6,7)4(2(8,9)10)3(11,12)13;3*1-3-2;1-2;/h;;3*1-2H3;1H2;1H4. The van der Waals surface area contributed by atoms with Gasteiger partial charge in [0.1, 0.15) is 6.79 Å². The molecule has 0 saturated carbocycles. The van der Waals surface area contributed by atoms with Crippen molar-refractivity contribution < 1.29 is 98.0 Å². The maximum atomic E-state index is 11.3. The first-order chi connectivity index (χ1) is 16.0. The Hall–Kier alpha value is -1.58. The Morgan fingerprint density at radius 1 is 0.368 bits per heavy atom. The summed E-state index contributed by atoms with van der Waals surface area (Å²) in [7, 11) is 9.75. The number of carbonyl (C=O) groups is 1. The van der Waals surface area contributed by atoms with Gasteiger partial charge in [-0.05, 0) is 0 Å². The van der Waals surface area contributed by atoms with Crippen LogP contribution in [0.25, 0.3) is 0 Å². The van der Waals surface area contributed by atoms with E-state index in [1.165, 1.54) is 0 Å². The van der Waals surface area contributed by atoms with Crippen LogP contribution in [0.3, 0.4) is 0 Å². The maximum Gasteiger partial charge on any atom is 0.521 e. The van der Waals surface area contributed by atoms with E-state index in [0.717, 1.165) is 0 Å². The fourth-order valence-electron chi connectivity index (χ4n) is 1.11. The van der Waals surface area contributed by atoms with Crippen LogP contribution < -0.4 is 0 Å². The van der Waals surface area contributed by atoms with Crippen molar-refractivity contribution in [1.82, 2.24) is 0 Å². The molecule has 38 heavy (non-hydrogen) atoms. The third-order valence-electron chi connectivity index (χ3n) is 1.96. The van der Waals surface area contributed by atoms with Crippen LogP contribution >= 0.6 is 0 Å². The summed E-state index contributed by atoms with van der Waals surface area (Å²) in [6, 6.07) is 0. The fourth-order valence-corrected chi connectivity index (χ4v) is 1.11. The molecule has 0 aromatic heterocycles. The molecule has 0 aliphatic carbocycles. The molecule has 0 spiro atoms. The molecule has 0 radical (unpaired) electrons. The van der Waals surface area contributed by atoms with Gasteiger partial charge < -0.3 is 19.0 Å². The Kier molecular flexibility index (Phi) is 30.9. The molecule has 0 unspecified atom stereocenters. The first kappa shape index (κ1) is 52.8. The lowest BCUT2D eigenvalue weighted by Gasteiger charge is -2.21. The quantitative estimate of drug-likeness (QED) is 0.221. The van der Waals surface area contributed by atoms with Crippen molar-refractivity contribution in [3.8, 4) is 0 Å². The van der Waals surface area contributed by atoms with Crippen molar-refractivity contribution in [2.45, 2.75) is 43.9 Å². The molecule has 0 N–H and O–H groups in total. The molecular formula is C14H24B2F18O4. The molecule has 0 aromatic carbocycles. The van der Waals surface area contributed by atoms with Crippen molar-refractivity contribution in [3.05, 3.63) is 0 Å². The predicted octanol–water partition coefficient (Wildman–Crippen LogP) is 6.81. The number of hydrogen-bond acceptors (Lipinski definition) is 4. The molecule has 0 aromatic rings. The summed E-state index contributed by atoms with van der Waals surface area (Å²) in [5.74, 6) is 0. The second-order valence-corrected chi connectivity index (χ2v) is 5.34. The molecule has 0 heterocycles. The maximum absolute atomic E-state index is 11.3. The highest BCUT2D eigenvalue weighted by molar-refractivity contribution is 6.65. The van der Waals surface area contributed by atoms with Crippen molar-refractivity contribution in [2.75, 3.05) is 42.7 Å². The number of rotatable bonds is 0. The summed E-state index contributed by atoms with van der Waals surface area (Å²) in [6.07, 6.45) is -38.2. The first-order valence-electron chi connectivity index (χ1n) is 7.87. The van der Waals surface area contributed by atoms with Gasteiger partial charge in [0, 0.05) is 42.7 Å². The van der Waals surface area contributed by atoms with Crippen molar-refractivity contribution in [3.63, 3.8) is 0 Å². The molecule has 24 heteroatoms. The minimum Gasteiger partial charge on any atom is -0.388 e. The van der Waals surface area contributed by atoms with Gasteiger partial charge in [-0.3, -0.25) is 0 Å². The summed E-state index contributed by atoms with van der Waals surface area (Å²) < 4.78 is 216. The zero-order valence-corrected chi connectivity index (χ0v) is 19.3. The molecule has 0 rings (SSSR count).